The molecule has 0 atom stereocenters. The topological polar surface area (TPSA) is 53.8 Å². The Balaban J connectivity index is 1.73. The first-order chi connectivity index (χ1) is 13.4. The van der Waals surface area contributed by atoms with Crippen LogP contribution in [0.3, 0.4) is 0 Å². The number of carbonyl (C=O) groups excluding carboxylic acids is 2. The van der Waals surface area contributed by atoms with E-state index in [4.69, 9.17) is 4.42 Å². The SMILES string of the molecule is Cc1cc(C(=O)N(CCC(=O)N2CCCCC2)Cc2ccc(F)cc2)c(C)o1. The van der Waals surface area contributed by atoms with Crippen LogP contribution in [0.15, 0.2) is 34.7 Å². The summed E-state index contributed by atoms with van der Waals surface area (Å²) in [4.78, 5) is 29.2. The molecule has 0 saturated carbocycles. The van der Waals surface area contributed by atoms with Crippen LogP contribution in [-0.2, 0) is 11.3 Å². The normalized spacial score (nSPS) is 14.2. The molecule has 0 spiro atoms. The lowest BCUT2D eigenvalue weighted by Gasteiger charge is -2.28. The molecule has 1 saturated heterocycles. The number of likely N-dealkylation sites (tertiary alicyclic amines) is 1. The van der Waals surface area contributed by atoms with Crippen LogP contribution >= 0.6 is 0 Å². The second-order valence-corrected chi connectivity index (χ2v) is 7.37. The van der Waals surface area contributed by atoms with Gasteiger partial charge in [0.05, 0.1) is 5.56 Å². The molecule has 1 aromatic heterocycles. The predicted molar refractivity (Wildman–Crippen MR) is 104 cm³/mol. The molecule has 0 aliphatic carbocycles. The first-order valence-electron chi connectivity index (χ1n) is 9.82. The first kappa shape index (κ1) is 20.1. The average Bonchev–Trinajstić information content (AvgIpc) is 3.04. The number of benzene rings is 1. The Morgan fingerprint density at radius 2 is 1.79 bits per heavy atom. The summed E-state index contributed by atoms with van der Waals surface area (Å²) in [6.07, 6.45) is 3.52. The van der Waals surface area contributed by atoms with Crippen LogP contribution in [-0.4, -0.2) is 41.2 Å². The smallest absolute Gasteiger partial charge is 0.257 e. The van der Waals surface area contributed by atoms with Crippen molar-refractivity contribution < 1.29 is 18.4 Å². The maximum atomic E-state index is 13.2. The van der Waals surface area contributed by atoms with Gasteiger partial charge in [-0.1, -0.05) is 12.1 Å². The van der Waals surface area contributed by atoms with Crippen LogP contribution in [0.4, 0.5) is 4.39 Å². The van der Waals surface area contributed by atoms with Crippen molar-refractivity contribution in [3.8, 4) is 0 Å². The van der Waals surface area contributed by atoms with E-state index in [2.05, 4.69) is 0 Å². The Morgan fingerprint density at radius 1 is 1.11 bits per heavy atom. The van der Waals surface area contributed by atoms with Gasteiger partial charge in [0, 0.05) is 32.6 Å². The first-order valence-corrected chi connectivity index (χ1v) is 9.82. The van der Waals surface area contributed by atoms with Crippen LogP contribution < -0.4 is 0 Å². The molecule has 1 aliphatic heterocycles. The largest absolute Gasteiger partial charge is 0.466 e. The number of hydrogen-bond acceptors (Lipinski definition) is 3. The highest BCUT2D eigenvalue weighted by molar-refractivity contribution is 5.95. The highest BCUT2D eigenvalue weighted by Gasteiger charge is 2.23. The van der Waals surface area contributed by atoms with E-state index < -0.39 is 0 Å². The Hall–Kier alpha value is -2.63. The average molecular weight is 386 g/mol. The molecule has 2 aromatic rings. The summed E-state index contributed by atoms with van der Waals surface area (Å²) in [5.74, 6) is 0.825. The molecule has 150 valence electrons. The number of amides is 2. The van der Waals surface area contributed by atoms with Gasteiger partial charge in [-0.3, -0.25) is 9.59 Å². The van der Waals surface area contributed by atoms with Gasteiger partial charge in [-0.05, 0) is 56.9 Å². The van der Waals surface area contributed by atoms with E-state index in [0.717, 1.165) is 37.9 Å². The maximum Gasteiger partial charge on any atom is 0.257 e. The van der Waals surface area contributed by atoms with Crippen LogP contribution in [0.5, 0.6) is 0 Å². The van der Waals surface area contributed by atoms with Gasteiger partial charge >= 0.3 is 0 Å². The minimum atomic E-state index is -0.316. The molecular weight excluding hydrogens is 359 g/mol. The van der Waals surface area contributed by atoms with Crippen molar-refractivity contribution in [2.45, 2.75) is 46.1 Å². The molecule has 0 bridgehead atoms. The lowest BCUT2D eigenvalue weighted by Crippen LogP contribution is -2.39. The number of carbonyl (C=O) groups is 2. The Kier molecular flexibility index (Phi) is 6.49. The quantitative estimate of drug-likeness (QED) is 0.752. The Labute approximate surface area is 165 Å². The summed E-state index contributed by atoms with van der Waals surface area (Å²) in [6.45, 7) is 5.78. The van der Waals surface area contributed by atoms with Crippen LogP contribution in [0.25, 0.3) is 0 Å². The van der Waals surface area contributed by atoms with E-state index >= 15 is 0 Å². The van der Waals surface area contributed by atoms with Gasteiger partial charge in [-0.2, -0.15) is 0 Å². The van der Waals surface area contributed by atoms with Crippen molar-refractivity contribution in [3.05, 3.63) is 58.8 Å². The summed E-state index contributed by atoms with van der Waals surface area (Å²) < 4.78 is 18.7. The van der Waals surface area contributed by atoms with Gasteiger partial charge in [0.25, 0.3) is 5.91 Å². The fourth-order valence-electron chi connectivity index (χ4n) is 3.61. The standard InChI is InChI=1S/C22H27FN2O3/c1-16-14-20(17(2)28-16)22(27)25(15-18-6-8-19(23)9-7-18)13-10-21(26)24-11-4-3-5-12-24/h6-9,14H,3-5,10-13,15H2,1-2H3. The summed E-state index contributed by atoms with van der Waals surface area (Å²) >= 11 is 0. The monoisotopic (exact) mass is 386 g/mol. The zero-order chi connectivity index (χ0) is 20.1. The molecule has 28 heavy (non-hydrogen) atoms. The molecule has 2 amide bonds. The van der Waals surface area contributed by atoms with E-state index in [0.29, 0.717) is 30.2 Å². The van der Waals surface area contributed by atoms with Crippen LogP contribution in [0.1, 0.15) is 53.1 Å². The molecule has 1 aromatic carbocycles. The molecular formula is C22H27FN2O3. The number of rotatable bonds is 6. The number of halogens is 1. The second-order valence-electron chi connectivity index (χ2n) is 7.37. The van der Waals surface area contributed by atoms with Crippen molar-refractivity contribution >= 4 is 11.8 Å². The number of piperidine rings is 1. The lowest BCUT2D eigenvalue weighted by atomic mass is 10.1. The molecule has 1 fully saturated rings. The summed E-state index contributed by atoms with van der Waals surface area (Å²) in [5.41, 5.74) is 1.32. The van der Waals surface area contributed by atoms with Crippen LogP contribution in [0, 0.1) is 19.7 Å². The van der Waals surface area contributed by atoms with E-state index in [1.165, 1.54) is 12.1 Å². The lowest BCUT2D eigenvalue weighted by molar-refractivity contribution is -0.132. The van der Waals surface area contributed by atoms with Crippen molar-refractivity contribution in [2.75, 3.05) is 19.6 Å². The summed E-state index contributed by atoms with van der Waals surface area (Å²) in [7, 11) is 0. The van der Waals surface area contributed by atoms with Gasteiger partial charge in [0.1, 0.15) is 17.3 Å². The molecule has 6 heteroatoms. The van der Waals surface area contributed by atoms with E-state index in [1.807, 2.05) is 4.90 Å². The highest BCUT2D eigenvalue weighted by atomic mass is 19.1. The van der Waals surface area contributed by atoms with Gasteiger partial charge in [0.2, 0.25) is 5.91 Å². The summed E-state index contributed by atoms with van der Waals surface area (Å²) in [6, 6.07) is 7.81. The van der Waals surface area contributed by atoms with Crippen molar-refractivity contribution in [1.29, 1.82) is 0 Å². The second kappa shape index (κ2) is 9.04. The predicted octanol–water partition coefficient (Wildman–Crippen LogP) is 4.08. The number of hydrogen-bond donors (Lipinski definition) is 0. The molecule has 0 radical (unpaired) electrons. The van der Waals surface area contributed by atoms with E-state index in [1.54, 1.807) is 36.9 Å². The summed E-state index contributed by atoms with van der Waals surface area (Å²) in [5, 5.41) is 0. The van der Waals surface area contributed by atoms with Gasteiger partial charge in [-0.25, -0.2) is 4.39 Å². The Morgan fingerprint density at radius 3 is 2.39 bits per heavy atom. The zero-order valence-corrected chi connectivity index (χ0v) is 16.5. The molecule has 5 nitrogen and oxygen atoms in total. The molecule has 0 N–H and O–H groups in total. The van der Waals surface area contributed by atoms with Crippen molar-refractivity contribution in [1.82, 2.24) is 9.80 Å². The third-order valence-corrected chi connectivity index (χ3v) is 5.15. The van der Waals surface area contributed by atoms with Gasteiger partial charge in [-0.15, -0.1) is 0 Å². The maximum absolute atomic E-state index is 13.2. The fraction of sp³-hybridized carbons (Fsp3) is 0.455. The van der Waals surface area contributed by atoms with Crippen molar-refractivity contribution in [2.24, 2.45) is 0 Å². The van der Waals surface area contributed by atoms with Gasteiger partial charge < -0.3 is 14.2 Å². The minimum Gasteiger partial charge on any atom is -0.466 e. The highest BCUT2D eigenvalue weighted by Crippen LogP contribution is 2.19. The minimum absolute atomic E-state index is 0.0803. The Bertz CT molecular complexity index is 823. The van der Waals surface area contributed by atoms with E-state index in [-0.39, 0.29) is 24.1 Å². The molecule has 1 aliphatic rings. The number of nitrogens with zero attached hydrogens (tertiary/aromatic N) is 2. The number of furan rings is 1. The van der Waals surface area contributed by atoms with Crippen LogP contribution in [0.2, 0.25) is 0 Å². The van der Waals surface area contributed by atoms with E-state index in [9.17, 15) is 14.0 Å². The molecule has 0 unspecified atom stereocenters. The number of aryl methyl sites for hydroxylation is 2. The fourth-order valence-corrected chi connectivity index (χ4v) is 3.61. The van der Waals surface area contributed by atoms with Gasteiger partial charge in [0.15, 0.2) is 0 Å². The molecule has 3 rings (SSSR count). The zero-order valence-electron chi connectivity index (χ0n) is 16.5. The van der Waals surface area contributed by atoms with Crippen molar-refractivity contribution in [3.63, 3.8) is 0 Å². The third kappa shape index (κ3) is 5.00. The third-order valence-electron chi connectivity index (χ3n) is 5.15. The molecule has 2 heterocycles.